The van der Waals surface area contributed by atoms with E-state index in [1.165, 1.54) is 24.2 Å². The van der Waals surface area contributed by atoms with Crippen molar-refractivity contribution >= 4 is 27.3 Å². The van der Waals surface area contributed by atoms with Gasteiger partial charge < -0.3 is 15.5 Å². The first kappa shape index (κ1) is 34.1. The van der Waals surface area contributed by atoms with Gasteiger partial charge in [0.15, 0.2) is 0 Å². The fourth-order valence-corrected chi connectivity index (χ4v) is 8.29. The SMILES string of the molecule is Cc1cc(CCC(=O)O)sc1-c1cc(C(F)(F)F)cc(S(=O)(=O)N(C)CC(O)CNC(C)(C)CC2Cc3ccccc3C2)c1. The van der Waals surface area contributed by atoms with Crippen LogP contribution < -0.4 is 5.32 Å². The van der Waals surface area contributed by atoms with Crippen molar-refractivity contribution in [1.82, 2.24) is 9.62 Å². The maximum atomic E-state index is 13.9. The zero-order chi connectivity index (χ0) is 32.4. The molecule has 3 N–H and O–H groups in total. The summed E-state index contributed by atoms with van der Waals surface area (Å²) >= 11 is 1.14. The Bertz CT molecular complexity index is 1580. The van der Waals surface area contributed by atoms with Gasteiger partial charge in [0.05, 0.1) is 23.0 Å². The zero-order valence-corrected chi connectivity index (χ0v) is 26.9. The van der Waals surface area contributed by atoms with Crippen LogP contribution in [0.4, 0.5) is 13.2 Å². The number of halogens is 3. The van der Waals surface area contributed by atoms with E-state index in [-0.39, 0.29) is 37.0 Å². The molecule has 0 aliphatic heterocycles. The van der Waals surface area contributed by atoms with E-state index in [0.717, 1.165) is 41.0 Å². The Kier molecular flexibility index (Phi) is 10.3. The number of fused-ring (bicyclic) bond motifs is 1. The number of rotatable bonds is 13. The van der Waals surface area contributed by atoms with E-state index in [1.807, 2.05) is 26.0 Å². The summed E-state index contributed by atoms with van der Waals surface area (Å²) < 4.78 is 69.6. The number of aliphatic carboxylic acids is 1. The van der Waals surface area contributed by atoms with Crippen molar-refractivity contribution in [2.45, 2.75) is 75.6 Å². The Labute approximate surface area is 260 Å². The van der Waals surface area contributed by atoms with Crippen LogP contribution >= 0.6 is 11.3 Å². The maximum absolute atomic E-state index is 13.9. The number of aliphatic hydroxyl groups is 1. The summed E-state index contributed by atoms with van der Waals surface area (Å²) in [6, 6.07) is 12.8. The van der Waals surface area contributed by atoms with Crippen LogP contribution in [0.3, 0.4) is 0 Å². The second kappa shape index (κ2) is 13.3. The van der Waals surface area contributed by atoms with Crippen molar-refractivity contribution in [3.63, 3.8) is 0 Å². The van der Waals surface area contributed by atoms with Crippen molar-refractivity contribution in [2.24, 2.45) is 5.92 Å². The molecule has 0 spiro atoms. The molecule has 7 nitrogen and oxygen atoms in total. The van der Waals surface area contributed by atoms with Crippen LogP contribution in [0.5, 0.6) is 0 Å². The predicted octanol–water partition coefficient (Wildman–Crippen LogP) is 5.91. The van der Waals surface area contributed by atoms with Crippen LogP contribution in [0, 0.1) is 12.8 Å². The largest absolute Gasteiger partial charge is 0.481 e. The molecule has 0 fully saturated rings. The topological polar surface area (TPSA) is 107 Å². The number of sulfonamides is 1. The number of hydrogen-bond donors (Lipinski definition) is 3. The highest BCUT2D eigenvalue weighted by atomic mass is 32.2. The number of aliphatic hydroxyl groups excluding tert-OH is 1. The summed E-state index contributed by atoms with van der Waals surface area (Å²) in [7, 11) is -3.17. The molecule has 0 amide bonds. The lowest BCUT2D eigenvalue weighted by atomic mass is 9.88. The van der Waals surface area contributed by atoms with Gasteiger partial charge in [0.2, 0.25) is 10.0 Å². The number of β-amino-alcohol motifs (C(OH)–C–C–N with tert-alkyl or cyclic N) is 1. The lowest BCUT2D eigenvalue weighted by Crippen LogP contribution is -2.47. The normalized spacial score (nSPS) is 15.1. The van der Waals surface area contributed by atoms with E-state index < -0.39 is 38.7 Å². The van der Waals surface area contributed by atoms with E-state index in [2.05, 4.69) is 17.4 Å². The Hall–Kier alpha value is -2.77. The molecule has 1 unspecified atom stereocenters. The van der Waals surface area contributed by atoms with Crippen molar-refractivity contribution in [1.29, 1.82) is 0 Å². The van der Waals surface area contributed by atoms with Crippen molar-refractivity contribution < 1.29 is 36.6 Å². The first-order chi connectivity index (χ1) is 20.4. The fourth-order valence-electron chi connectivity index (χ4n) is 5.85. The summed E-state index contributed by atoms with van der Waals surface area (Å²) in [5.74, 6) is -0.542. The zero-order valence-electron chi connectivity index (χ0n) is 25.2. The molecule has 1 heterocycles. The second-order valence-electron chi connectivity index (χ2n) is 12.3. The molecule has 1 aromatic heterocycles. The van der Waals surface area contributed by atoms with Crippen LogP contribution in [-0.4, -0.2) is 60.7 Å². The third-order valence-corrected chi connectivity index (χ3v) is 11.1. The maximum Gasteiger partial charge on any atom is 0.416 e. The van der Waals surface area contributed by atoms with E-state index in [1.54, 1.807) is 13.0 Å². The van der Waals surface area contributed by atoms with Crippen molar-refractivity contribution in [3.8, 4) is 10.4 Å². The Balaban J connectivity index is 1.46. The van der Waals surface area contributed by atoms with Gasteiger partial charge in [-0.25, -0.2) is 8.42 Å². The number of nitrogens with one attached hydrogen (secondary N) is 1. The standard InChI is InChI=1S/C32H39F3N2O5S2/c1-20-11-27(9-10-29(39)40)43-30(20)24-14-25(32(33,34)35)16-28(15-24)44(41,42)37(4)19-26(38)18-36-31(2,3)17-21-12-22-7-5-6-8-23(22)13-21/h5-8,11,14-16,21,26,36,38H,9-10,12-13,17-19H2,1-4H3,(H,39,40). The van der Waals surface area contributed by atoms with Crippen LogP contribution in [0.15, 0.2) is 53.4 Å². The summed E-state index contributed by atoms with van der Waals surface area (Å²) in [6.45, 7) is 5.55. The molecular weight excluding hydrogens is 613 g/mol. The third-order valence-electron chi connectivity index (χ3n) is 7.98. The molecule has 44 heavy (non-hydrogen) atoms. The number of benzene rings is 2. The van der Waals surface area contributed by atoms with E-state index >= 15 is 0 Å². The van der Waals surface area contributed by atoms with Crippen molar-refractivity contribution in [3.05, 3.63) is 75.7 Å². The molecule has 1 aliphatic carbocycles. The summed E-state index contributed by atoms with van der Waals surface area (Å²) in [6.07, 6.45) is -2.99. The quantitative estimate of drug-likeness (QED) is 0.212. The van der Waals surface area contributed by atoms with Crippen LogP contribution in [0.1, 0.15) is 53.8 Å². The van der Waals surface area contributed by atoms with Gasteiger partial charge in [-0.15, -0.1) is 11.3 Å². The number of likely N-dealkylation sites (N-methyl/N-ethyl adjacent to an activating group) is 1. The molecule has 240 valence electrons. The van der Waals surface area contributed by atoms with Gasteiger partial charge in [0, 0.05) is 35.4 Å². The Morgan fingerprint density at radius 1 is 1.11 bits per heavy atom. The number of alkyl halides is 3. The van der Waals surface area contributed by atoms with E-state index in [0.29, 0.717) is 27.3 Å². The highest BCUT2D eigenvalue weighted by Crippen LogP contribution is 2.39. The molecule has 1 aliphatic rings. The average Bonchev–Trinajstić information content (AvgIpc) is 3.51. The number of carboxylic acid groups (broad SMARTS) is 1. The smallest absolute Gasteiger partial charge is 0.416 e. The molecule has 3 aromatic rings. The molecule has 2 aromatic carbocycles. The highest BCUT2D eigenvalue weighted by Gasteiger charge is 2.35. The summed E-state index contributed by atoms with van der Waals surface area (Å²) in [5.41, 5.74) is 1.96. The number of aryl methyl sites for hydroxylation is 2. The number of carboxylic acids is 1. The number of nitrogens with zero attached hydrogens (tertiary/aromatic N) is 1. The van der Waals surface area contributed by atoms with E-state index in [4.69, 9.17) is 5.11 Å². The molecule has 4 rings (SSSR count). The van der Waals surface area contributed by atoms with Gasteiger partial charge in [-0.2, -0.15) is 17.5 Å². The third kappa shape index (κ3) is 8.48. The van der Waals surface area contributed by atoms with Gasteiger partial charge in [0.1, 0.15) is 0 Å². The average molecular weight is 653 g/mol. The molecule has 0 saturated carbocycles. The first-order valence-corrected chi connectivity index (χ1v) is 16.7. The Morgan fingerprint density at radius 3 is 2.34 bits per heavy atom. The minimum atomic E-state index is -4.80. The molecule has 0 saturated heterocycles. The molecule has 0 radical (unpaired) electrons. The van der Waals surface area contributed by atoms with Crippen LogP contribution in [0.25, 0.3) is 10.4 Å². The summed E-state index contributed by atoms with van der Waals surface area (Å²) in [5, 5.41) is 23.1. The lowest BCUT2D eigenvalue weighted by molar-refractivity contribution is -0.138. The van der Waals surface area contributed by atoms with Crippen LogP contribution in [0.2, 0.25) is 0 Å². The first-order valence-electron chi connectivity index (χ1n) is 14.4. The molecule has 1 atom stereocenters. The Morgan fingerprint density at radius 2 is 1.75 bits per heavy atom. The summed E-state index contributed by atoms with van der Waals surface area (Å²) in [4.78, 5) is 11.5. The molecule has 12 heteroatoms. The predicted molar refractivity (Wildman–Crippen MR) is 165 cm³/mol. The van der Waals surface area contributed by atoms with Gasteiger partial charge in [-0.1, -0.05) is 24.3 Å². The molecule has 0 bridgehead atoms. The number of hydrogen-bond acceptors (Lipinski definition) is 6. The van der Waals surface area contributed by atoms with Gasteiger partial charge in [-0.05, 0) is 98.9 Å². The number of thiophene rings is 1. The molecular formula is C32H39F3N2O5S2. The highest BCUT2D eigenvalue weighted by molar-refractivity contribution is 7.89. The lowest BCUT2D eigenvalue weighted by Gasteiger charge is -2.31. The number of carbonyl (C=O) groups is 1. The fraction of sp³-hybridized carbons (Fsp3) is 0.469. The van der Waals surface area contributed by atoms with Gasteiger partial charge in [-0.3, -0.25) is 4.79 Å². The minimum absolute atomic E-state index is 0.0777. The van der Waals surface area contributed by atoms with Gasteiger partial charge >= 0.3 is 12.1 Å². The van der Waals surface area contributed by atoms with Crippen LogP contribution in [-0.2, 0) is 40.3 Å². The minimum Gasteiger partial charge on any atom is -0.481 e. The second-order valence-corrected chi connectivity index (χ2v) is 15.5. The van der Waals surface area contributed by atoms with E-state index in [9.17, 15) is 31.5 Å². The monoisotopic (exact) mass is 652 g/mol. The van der Waals surface area contributed by atoms with Gasteiger partial charge in [0.25, 0.3) is 0 Å². The van der Waals surface area contributed by atoms with Crippen molar-refractivity contribution in [2.75, 3.05) is 20.1 Å².